The first-order valence-corrected chi connectivity index (χ1v) is 11.8. The Labute approximate surface area is 213 Å². The van der Waals surface area contributed by atoms with Crippen LogP contribution in [0.15, 0.2) is 73.6 Å². The molecule has 0 unspecified atom stereocenters. The van der Waals surface area contributed by atoms with Crippen LogP contribution in [-0.2, 0) is 9.53 Å². The largest absolute Gasteiger partial charge is 0.373 e. The Kier molecular flexibility index (Phi) is 7.02. The van der Waals surface area contributed by atoms with E-state index in [1.807, 2.05) is 24.3 Å². The average Bonchev–Trinajstić information content (AvgIpc) is 2.93. The van der Waals surface area contributed by atoms with Crippen molar-refractivity contribution in [2.24, 2.45) is 5.73 Å². The number of nitrogens with zero attached hydrogens (tertiary/aromatic N) is 4. The molecule has 1 aliphatic heterocycles. The Morgan fingerprint density at radius 3 is 2.81 bits per heavy atom. The van der Waals surface area contributed by atoms with Crippen LogP contribution in [0.1, 0.15) is 0 Å². The number of morpholine rings is 1. The molecule has 9 nitrogen and oxygen atoms in total. The topological polar surface area (TPSA) is 118 Å². The molecule has 188 valence electrons. The highest BCUT2D eigenvalue weighted by Gasteiger charge is 2.19. The number of nitrogens with one attached hydrogen (secondary N) is 2. The Balaban J connectivity index is 1.42. The van der Waals surface area contributed by atoms with E-state index in [1.54, 1.807) is 24.4 Å². The fourth-order valence-electron chi connectivity index (χ4n) is 4.20. The number of pyridine rings is 1. The average molecular weight is 500 g/mol. The highest BCUT2D eigenvalue weighted by Crippen LogP contribution is 2.31. The predicted octanol–water partition coefficient (Wildman–Crippen LogP) is 3.86. The fourth-order valence-corrected chi connectivity index (χ4v) is 4.20. The molecule has 37 heavy (non-hydrogen) atoms. The summed E-state index contributed by atoms with van der Waals surface area (Å²) in [6.45, 7) is 6.13. The monoisotopic (exact) mass is 499 g/mol. The summed E-state index contributed by atoms with van der Waals surface area (Å²) in [5, 5.41) is 6.51. The molecule has 4 aromatic rings. The number of aromatic nitrogens is 3. The van der Waals surface area contributed by atoms with E-state index in [0.717, 1.165) is 30.5 Å². The van der Waals surface area contributed by atoms with Crippen LogP contribution in [0.5, 0.6) is 0 Å². The molecule has 1 atom stereocenters. The first kappa shape index (κ1) is 24.3. The van der Waals surface area contributed by atoms with E-state index in [2.05, 4.69) is 37.1 Å². The molecule has 1 fully saturated rings. The fraction of sp³-hybridized carbons (Fsp3) is 0.185. The number of hydrogen-bond donors (Lipinski definition) is 3. The lowest BCUT2D eigenvalue weighted by molar-refractivity contribution is -0.111. The van der Waals surface area contributed by atoms with E-state index in [-0.39, 0.29) is 17.6 Å². The lowest BCUT2D eigenvalue weighted by Crippen LogP contribution is -2.45. The van der Waals surface area contributed by atoms with Gasteiger partial charge in [-0.05, 0) is 54.6 Å². The van der Waals surface area contributed by atoms with Crippen molar-refractivity contribution in [2.75, 3.05) is 41.8 Å². The first-order chi connectivity index (χ1) is 18.0. The number of nitrogens with two attached hydrogens (primary N) is 1. The second kappa shape index (κ2) is 10.7. The van der Waals surface area contributed by atoms with Gasteiger partial charge in [0.2, 0.25) is 11.9 Å². The van der Waals surface area contributed by atoms with E-state index in [0.29, 0.717) is 41.4 Å². The van der Waals surface area contributed by atoms with Crippen LogP contribution in [0.25, 0.3) is 22.2 Å². The van der Waals surface area contributed by atoms with Gasteiger partial charge in [-0.2, -0.15) is 0 Å². The number of benzene rings is 2. The molecule has 1 aliphatic rings. The molecule has 0 saturated carbocycles. The SMILES string of the molecule is C=CC(=O)Nc1ccnc(-c2c(F)ccc3cnc(Nc4ccc(N5CCO[C@@H](CN)C5)cc4)nc23)c1. The number of ether oxygens (including phenoxy) is 1. The summed E-state index contributed by atoms with van der Waals surface area (Å²) in [5.74, 6) is -0.538. The molecule has 3 heterocycles. The van der Waals surface area contributed by atoms with Crippen LogP contribution < -0.4 is 21.3 Å². The summed E-state index contributed by atoms with van der Waals surface area (Å²) in [4.78, 5) is 27.2. The molecular formula is C27H26FN7O2. The minimum atomic E-state index is -0.484. The summed E-state index contributed by atoms with van der Waals surface area (Å²) in [6, 6.07) is 14.1. The molecule has 0 bridgehead atoms. The van der Waals surface area contributed by atoms with Crippen molar-refractivity contribution in [2.45, 2.75) is 6.10 Å². The van der Waals surface area contributed by atoms with E-state index in [4.69, 9.17) is 10.5 Å². The van der Waals surface area contributed by atoms with Gasteiger partial charge in [0.25, 0.3) is 0 Å². The highest BCUT2D eigenvalue weighted by molar-refractivity contribution is 6.00. The minimum Gasteiger partial charge on any atom is -0.373 e. The van der Waals surface area contributed by atoms with Crippen molar-refractivity contribution in [3.8, 4) is 11.3 Å². The van der Waals surface area contributed by atoms with Crippen molar-refractivity contribution in [1.29, 1.82) is 0 Å². The third-order valence-corrected chi connectivity index (χ3v) is 6.06. The van der Waals surface area contributed by atoms with Crippen molar-refractivity contribution >= 4 is 39.8 Å². The van der Waals surface area contributed by atoms with E-state index >= 15 is 4.39 Å². The number of halogens is 1. The first-order valence-electron chi connectivity index (χ1n) is 11.8. The van der Waals surface area contributed by atoms with Gasteiger partial charge < -0.3 is 26.0 Å². The van der Waals surface area contributed by atoms with Gasteiger partial charge in [-0.1, -0.05) is 6.58 Å². The van der Waals surface area contributed by atoms with Gasteiger partial charge in [0, 0.05) is 54.5 Å². The zero-order chi connectivity index (χ0) is 25.8. The summed E-state index contributed by atoms with van der Waals surface area (Å²) in [6.07, 6.45) is 4.32. The van der Waals surface area contributed by atoms with Gasteiger partial charge in [-0.25, -0.2) is 14.4 Å². The maximum Gasteiger partial charge on any atom is 0.247 e. The molecule has 10 heteroatoms. The number of amides is 1. The number of carbonyl (C=O) groups is 1. The molecule has 2 aromatic heterocycles. The minimum absolute atomic E-state index is 0.0283. The van der Waals surface area contributed by atoms with Gasteiger partial charge in [0.05, 0.1) is 29.5 Å². The van der Waals surface area contributed by atoms with Gasteiger partial charge >= 0.3 is 0 Å². The van der Waals surface area contributed by atoms with Crippen molar-refractivity contribution < 1.29 is 13.9 Å². The van der Waals surface area contributed by atoms with Crippen LogP contribution in [-0.4, -0.2) is 53.2 Å². The second-order valence-corrected chi connectivity index (χ2v) is 8.52. The third-order valence-electron chi connectivity index (χ3n) is 6.06. The quantitative estimate of drug-likeness (QED) is 0.328. The molecule has 1 amide bonds. The lowest BCUT2D eigenvalue weighted by atomic mass is 10.1. The number of hydrogen-bond acceptors (Lipinski definition) is 8. The summed E-state index contributed by atoms with van der Waals surface area (Å²) < 4.78 is 20.7. The number of rotatable bonds is 7. The Morgan fingerprint density at radius 1 is 1.19 bits per heavy atom. The second-order valence-electron chi connectivity index (χ2n) is 8.52. The van der Waals surface area contributed by atoms with Crippen molar-refractivity contribution in [3.63, 3.8) is 0 Å². The normalized spacial score (nSPS) is 15.4. The van der Waals surface area contributed by atoms with Crippen LogP contribution in [0, 0.1) is 5.82 Å². The standard InChI is InChI=1S/C27H26FN7O2/c1-2-24(36)32-19-9-10-30-23(13-19)25-22(28)8-3-17-15-31-27(34-26(17)25)33-18-4-6-20(7-5-18)35-11-12-37-21(14-29)16-35/h2-10,13,15,21H,1,11-12,14,16,29H2,(H,30,32,36)(H,31,33,34)/t21-/m0/s1. The lowest BCUT2D eigenvalue weighted by Gasteiger charge is -2.34. The molecule has 4 N–H and O–H groups in total. The Bertz CT molecular complexity index is 1440. The van der Waals surface area contributed by atoms with E-state index < -0.39 is 5.82 Å². The van der Waals surface area contributed by atoms with Crippen LogP contribution in [0.2, 0.25) is 0 Å². The summed E-state index contributed by atoms with van der Waals surface area (Å²) >= 11 is 0. The van der Waals surface area contributed by atoms with E-state index in [9.17, 15) is 4.79 Å². The molecular weight excluding hydrogens is 473 g/mol. The number of anilines is 4. The molecule has 5 rings (SSSR count). The maximum absolute atomic E-state index is 15.1. The zero-order valence-electron chi connectivity index (χ0n) is 20.0. The maximum atomic E-state index is 15.1. The van der Waals surface area contributed by atoms with Crippen molar-refractivity contribution in [3.05, 3.63) is 79.4 Å². The molecule has 2 aromatic carbocycles. The van der Waals surface area contributed by atoms with Gasteiger partial charge in [-0.15, -0.1) is 0 Å². The Hall–Kier alpha value is -4.41. The molecule has 0 spiro atoms. The van der Waals surface area contributed by atoms with Gasteiger partial charge in [-0.3, -0.25) is 9.78 Å². The number of carbonyl (C=O) groups excluding carboxylic acids is 1. The highest BCUT2D eigenvalue weighted by atomic mass is 19.1. The summed E-state index contributed by atoms with van der Waals surface area (Å²) in [7, 11) is 0. The molecule has 1 saturated heterocycles. The Morgan fingerprint density at radius 2 is 2.03 bits per heavy atom. The van der Waals surface area contributed by atoms with Gasteiger partial charge in [0.15, 0.2) is 0 Å². The predicted molar refractivity (Wildman–Crippen MR) is 142 cm³/mol. The smallest absolute Gasteiger partial charge is 0.247 e. The van der Waals surface area contributed by atoms with Crippen molar-refractivity contribution in [1.82, 2.24) is 15.0 Å². The van der Waals surface area contributed by atoms with E-state index in [1.165, 1.54) is 12.3 Å². The third kappa shape index (κ3) is 5.40. The zero-order valence-corrected chi connectivity index (χ0v) is 20.0. The van der Waals surface area contributed by atoms with Crippen LogP contribution >= 0.6 is 0 Å². The number of fused-ring (bicyclic) bond motifs is 1. The van der Waals surface area contributed by atoms with Gasteiger partial charge in [0.1, 0.15) is 5.82 Å². The summed E-state index contributed by atoms with van der Waals surface area (Å²) in [5.41, 5.74) is 9.04. The molecule has 0 aliphatic carbocycles. The molecule has 0 radical (unpaired) electrons. The van der Waals surface area contributed by atoms with Crippen LogP contribution in [0.4, 0.5) is 27.4 Å². The van der Waals surface area contributed by atoms with Crippen LogP contribution in [0.3, 0.4) is 0 Å².